The fourth-order valence-corrected chi connectivity index (χ4v) is 3.68. The van der Waals surface area contributed by atoms with Crippen LogP contribution in [0.4, 0.5) is 24.5 Å². The molecule has 4 rings (SSSR count). The van der Waals surface area contributed by atoms with E-state index in [1.165, 1.54) is 6.07 Å². The van der Waals surface area contributed by atoms with Crippen LogP contribution in [-0.4, -0.2) is 23.5 Å². The van der Waals surface area contributed by atoms with Gasteiger partial charge in [0.1, 0.15) is 6.10 Å². The number of carbonyl (C=O) groups is 1. The molecule has 0 radical (unpaired) electrons. The number of fused-ring (bicyclic) bond motifs is 1. The maximum absolute atomic E-state index is 13.0. The third kappa shape index (κ3) is 3.10. The molecule has 1 N–H and O–H groups in total. The van der Waals surface area contributed by atoms with E-state index in [4.69, 9.17) is 4.74 Å². The normalized spacial score (nSPS) is 16.8. The Kier molecular flexibility index (Phi) is 3.73. The first-order valence-electron chi connectivity index (χ1n) is 7.40. The van der Waals surface area contributed by atoms with Crippen LogP contribution in [0.5, 0.6) is 0 Å². The maximum Gasteiger partial charge on any atom is 0.416 e. The number of carbonyl (C=O) groups excluding carboxylic acids is 1. The molecule has 1 aliphatic heterocycles. The summed E-state index contributed by atoms with van der Waals surface area (Å²) in [5, 5.41) is 3.70. The molecular formula is C17H11F3N2O2S. The molecule has 1 fully saturated rings. The summed E-state index contributed by atoms with van der Waals surface area (Å²) in [6, 6.07) is 6.92. The monoisotopic (exact) mass is 364 g/mol. The molecule has 0 amide bonds. The summed E-state index contributed by atoms with van der Waals surface area (Å²) >= 11 is 1.04. The van der Waals surface area contributed by atoms with Crippen LogP contribution in [0.1, 0.15) is 15.2 Å². The minimum atomic E-state index is -4.43. The highest BCUT2D eigenvalue weighted by Crippen LogP contribution is 2.42. The summed E-state index contributed by atoms with van der Waals surface area (Å²) in [6.07, 6.45) is -1.76. The molecule has 1 aliphatic rings. The van der Waals surface area contributed by atoms with E-state index in [0.29, 0.717) is 32.9 Å². The van der Waals surface area contributed by atoms with Gasteiger partial charge in [0.15, 0.2) is 0 Å². The lowest BCUT2D eigenvalue weighted by Crippen LogP contribution is -2.07. The van der Waals surface area contributed by atoms with Gasteiger partial charge in [-0.25, -0.2) is 0 Å². The second-order valence-corrected chi connectivity index (χ2v) is 6.61. The smallest absolute Gasteiger partial charge is 0.364 e. The first-order chi connectivity index (χ1) is 11.9. The van der Waals surface area contributed by atoms with Crippen molar-refractivity contribution >= 4 is 38.6 Å². The van der Waals surface area contributed by atoms with Gasteiger partial charge in [0, 0.05) is 28.2 Å². The number of aromatic nitrogens is 1. The van der Waals surface area contributed by atoms with Gasteiger partial charge in [-0.2, -0.15) is 13.2 Å². The Morgan fingerprint density at radius 1 is 1.24 bits per heavy atom. The Morgan fingerprint density at radius 3 is 2.60 bits per heavy atom. The third-order valence-electron chi connectivity index (χ3n) is 3.82. The van der Waals surface area contributed by atoms with Gasteiger partial charge >= 0.3 is 6.18 Å². The number of rotatable bonds is 4. The minimum Gasteiger partial charge on any atom is -0.364 e. The van der Waals surface area contributed by atoms with Crippen molar-refractivity contribution in [1.29, 1.82) is 0 Å². The number of halogens is 3. The number of nitrogens with one attached hydrogen (secondary N) is 1. The molecule has 1 aromatic carbocycles. The lowest BCUT2D eigenvalue weighted by atomic mass is 10.1. The minimum absolute atomic E-state index is 0.216. The van der Waals surface area contributed by atoms with Gasteiger partial charge in [-0.05, 0) is 24.3 Å². The largest absolute Gasteiger partial charge is 0.416 e. The lowest BCUT2D eigenvalue weighted by Gasteiger charge is -2.08. The SMILES string of the molecule is O=C(c1sc2cc(C(F)(F)F)ccc2c1Nc1ccncc1)C1CO1. The molecule has 0 spiro atoms. The number of hydrogen-bond donors (Lipinski definition) is 1. The summed E-state index contributed by atoms with van der Waals surface area (Å²) in [5.41, 5.74) is 0.458. The number of thiophene rings is 1. The fraction of sp³-hybridized carbons (Fsp3) is 0.176. The highest BCUT2D eigenvalue weighted by molar-refractivity contribution is 7.21. The standard InChI is InChI=1S/C17H11F3N2O2S/c18-17(19,20)9-1-2-11-13(7-9)25-16(15(23)12-8-24-12)14(11)22-10-3-5-21-6-4-10/h1-7,12H,8H2,(H,21,22). The second kappa shape index (κ2) is 5.82. The first kappa shape index (κ1) is 16.0. The maximum atomic E-state index is 13.0. The van der Waals surface area contributed by atoms with E-state index in [0.717, 1.165) is 23.5 Å². The molecule has 128 valence electrons. The molecule has 1 unspecified atom stereocenters. The second-order valence-electron chi connectivity index (χ2n) is 5.56. The van der Waals surface area contributed by atoms with Crippen LogP contribution in [0.25, 0.3) is 10.1 Å². The molecule has 2 aromatic heterocycles. The predicted octanol–water partition coefficient (Wildman–Crippen LogP) is 4.64. The van der Waals surface area contributed by atoms with Crippen molar-refractivity contribution in [2.75, 3.05) is 11.9 Å². The van der Waals surface area contributed by atoms with Gasteiger partial charge in [0.05, 0.1) is 22.7 Å². The van der Waals surface area contributed by atoms with E-state index in [-0.39, 0.29) is 5.78 Å². The van der Waals surface area contributed by atoms with Crippen molar-refractivity contribution in [1.82, 2.24) is 4.98 Å². The molecule has 1 atom stereocenters. The van der Waals surface area contributed by atoms with E-state index < -0.39 is 17.8 Å². The number of pyridine rings is 1. The Labute approximate surface area is 144 Å². The molecule has 25 heavy (non-hydrogen) atoms. The molecule has 0 saturated carbocycles. The summed E-state index contributed by atoms with van der Waals surface area (Å²) in [4.78, 5) is 16.8. The Bertz CT molecular complexity index is 950. The van der Waals surface area contributed by atoms with Gasteiger partial charge < -0.3 is 10.1 Å². The van der Waals surface area contributed by atoms with Gasteiger partial charge in [-0.3, -0.25) is 9.78 Å². The first-order valence-corrected chi connectivity index (χ1v) is 8.22. The molecule has 1 saturated heterocycles. The molecule has 4 nitrogen and oxygen atoms in total. The number of benzene rings is 1. The topological polar surface area (TPSA) is 54.5 Å². The van der Waals surface area contributed by atoms with Crippen LogP contribution >= 0.6 is 11.3 Å². The average Bonchev–Trinajstić information content (AvgIpc) is 3.37. The van der Waals surface area contributed by atoms with Gasteiger partial charge in [0.2, 0.25) is 5.78 Å². The van der Waals surface area contributed by atoms with Crippen LogP contribution in [0.15, 0.2) is 42.7 Å². The summed E-state index contributed by atoms with van der Waals surface area (Å²) < 4.78 is 44.3. The van der Waals surface area contributed by atoms with Crippen molar-refractivity contribution in [3.05, 3.63) is 53.2 Å². The lowest BCUT2D eigenvalue weighted by molar-refractivity contribution is -0.137. The highest BCUT2D eigenvalue weighted by Gasteiger charge is 2.36. The van der Waals surface area contributed by atoms with Crippen LogP contribution in [0.2, 0.25) is 0 Å². The number of ether oxygens (including phenoxy) is 1. The quantitative estimate of drug-likeness (QED) is 0.541. The number of nitrogens with zero attached hydrogens (tertiary/aromatic N) is 1. The van der Waals surface area contributed by atoms with Gasteiger partial charge in [-0.1, -0.05) is 6.07 Å². The highest BCUT2D eigenvalue weighted by atomic mass is 32.1. The molecule has 0 bridgehead atoms. The number of ketones is 1. The summed E-state index contributed by atoms with van der Waals surface area (Å²) in [5.74, 6) is -0.216. The van der Waals surface area contributed by atoms with Gasteiger partial charge in [0.25, 0.3) is 0 Å². The number of alkyl halides is 3. The molecule has 3 aromatic rings. The zero-order valence-electron chi connectivity index (χ0n) is 12.6. The Morgan fingerprint density at radius 2 is 1.96 bits per heavy atom. The molecule has 3 heterocycles. The zero-order chi connectivity index (χ0) is 17.6. The van der Waals surface area contributed by atoms with Crippen molar-refractivity contribution in [3.8, 4) is 0 Å². The van der Waals surface area contributed by atoms with E-state index in [1.54, 1.807) is 24.5 Å². The van der Waals surface area contributed by atoms with Gasteiger partial charge in [-0.15, -0.1) is 11.3 Å². The Hall–Kier alpha value is -2.45. The van der Waals surface area contributed by atoms with Crippen LogP contribution in [0.3, 0.4) is 0 Å². The third-order valence-corrected chi connectivity index (χ3v) is 4.98. The van der Waals surface area contributed by atoms with Crippen molar-refractivity contribution in [3.63, 3.8) is 0 Å². The number of epoxide rings is 1. The molecule has 8 heteroatoms. The van der Waals surface area contributed by atoms with Crippen molar-refractivity contribution in [2.45, 2.75) is 12.3 Å². The summed E-state index contributed by atoms with van der Waals surface area (Å²) in [6.45, 7) is 0.343. The summed E-state index contributed by atoms with van der Waals surface area (Å²) in [7, 11) is 0. The van der Waals surface area contributed by atoms with E-state index in [9.17, 15) is 18.0 Å². The van der Waals surface area contributed by atoms with E-state index in [2.05, 4.69) is 10.3 Å². The number of anilines is 2. The van der Waals surface area contributed by atoms with E-state index >= 15 is 0 Å². The number of Topliss-reactive ketones (excluding diaryl/α,β-unsaturated/α-hetero) is 1. The van der Waals surface area contributed by atoms with E-state index in [1.807, 2.05) is 0 Å². The van der Waals surface area contributed by atoms with Crippen LogP contribution < -0.4 is 5.32 Å². The molecular weight excluding hydrogens is 353 g/mol. The predicted molar refractivity (Wildman–Crippen MR) is 88.4 cm³/mol. The van der Waals surface area contributed by atoms with Crippen LogP contribution in [0, 0.1) is 0 Å². The fourth-order valence-electron chi connectivity index (χ4n) is 2.50. The Balaban J connectivity index is 1.85. The van der Waals surface area contributed by atoms with Crippen LogP contribution in [-0.2, 0) is 10.9 Å². The zero-order valence-corrected chi connectivity index (χ0v) is 13.4. The average molecular weight is 364 g/mol. The van der Waals surface area contributed by atoms with Crippen molar-refractivity contribution in [2.24, 2.45) is 0 Å². The number of hydrogen-bond acceptors (Lipinski definition) is 5. The molecule has 0 aliphatic carbocycles. The van der Waals surface area contributed by atoms with Crippen molar-refractivity contribution < 1.29 is 22.7 Å².